The smallest absolute Gasteiger partial charge is 0.0851 e. The first-order valence-electron chi connectivity index (χ1n) is 8.60. The third kappa shape index (κ3) is 7.71. The van der Waals surface area contributed by atoms with Gasteiger partial charge in [0.25, 0.3) is 0 Å². The van der Waals surface area contributed by atoms with Gasteiger partial charge in [-0.2, -0.15) is 0 Å². The summed E-state index contributed by atoms with van der Waals surface area (Å²) in [5, 5.41) is 15.8. The summed E-state index contributed by atoms with van der Waals surface area (Å²) in [7, 11) is 0. The summed E-state index contributed by atoms with van der Waals surface area (Å²) >= 11 is 0. The van der Waals surface area contributed by atoms with E-state index in [1.54, 1.807) is 13.8 Å². The van der Waals surface area contributed by atoms with Gasteiger partial charge >= 0.3 is 0 Å². The van der Waals surface area contributed by atoms with Crippen molar-refractivity contribution in [2.75, 3.05) is 5.73 Å². The number of nitrogen functional groups attached to an aromatic ring is 1. The van der Waals surface area contributed by atoms with Crippen molar-refractivity contribution in [3.8, 4) is 0 Å². The van der Waals surface area contributed by atoms with Crippen LogP contribution in [0.5, 0.6) is 0 Å². The highest BCUT2D eigenvalue weighted by atomic mass is 16.3. The van der Waals surface area contributed by atoms with Gasteiger partial charge in [-0.15, -0.1) is 0 Å². The van der Waals surface area contributed by atoms with Gasteiger partial charge < -0.3 is 16.2 Å². The van der Waals surface area contributed by atoms with Crippen molar-refractivity contribution in [2.24, 2.45) is 0 Å². The average molecular weight is 338 g/mol. The van der Waals surface area contributed by atoms with E-state index in [0.29, 0.717) is 12.1 Å². The number of nitrogens with two attached hydrogens (primary N) is 1. The van der Waals surface area contributed by atoms with Crippen molar-refractivity contribution in [3.63, 3.8) is 0 Å². The molecule has 0 amide bonds. The molecule has 0 aliphatic heterocycles. The van der Waals surface area contributed by atoms with E-state index >= 15 is 0 Å². The van der Waals surface area contributed by atoms with Gasteiger partial charge in [0.15, 0.2) is 0 Å². The molecule has 1 atom stereocenters. The molecule has 0 spiro atoms. The molecule has 3 nitrogen and oxygen atoms in total. The van der Waals surface area contributed by atoms with Gasteiger partial charge in [-0.1, -0.05) is 54.6 Å². The first-order valence-corrected chi connectivity index (χ1v) is 8.60. The Balaban J connectivity index is 0.000000705. The average Bonchev–Trinajstić information content (AvgIpc) is 2.54. The quantitative estimate of drug-likeness (QED) is 0.343. The van der Waals surface area contributed by atoms with Gasteiger partial charge in [0.05, 0.1) is 5.76 Å². The van der Waals surface area contributed by atoms with E-state index in [-0.39, 0.29) is 11.7 Å². The van der Waals surface area contributed by atoms with Crippen LogP contribution in [0.25, 0.3) is 0 Å². The number of allylic oxidation sites excluding steroid dienone is 1. The second-order valence-electron chi connectivity index (χ2n) is 6.55. The van der Waals surface area contributed by atoms with Crippen molar-refractivity contribution < 1.29 is 5.11 Å². The molecule has 134 valence electrons. The van der Waals surface area contributed by atoms with Crippen LogP contribution in [0, 0.1) is 12.3 Å². The van der Waals surface area contributed by atoms with Crippen LogP contribution in [0.3, 0.4) is 0 Å². The molecular formula is C22H30N2O. The lowest BCUT2D eigenvalue weighted by molar-refractivity contribution is 0.383. The van der Waals surface area contributed by atoms with E-state index < -0.39 is 0 Å². The molecule has 0 bridgehead atoms. The van der Waals surface area contributed by atoms with Crippen LogP contribution in [-0.2, 0) is 0 Å². The molecule has 0 radical (unpaired) electrons. The number of aliphatic hydroxyl groups excluding tert-OH is 1. The molecule has 0 saturated heterocycles. The van der Waals surface area contributed by atoms with Gasteiger partial charge in [-0.25, -0.2) is 0 Å². The predicted octanol–water partition coefficient (Wildman–Crippen LogP) is 6.00. The second-order valence-corrected chi connectivity index (χ2v) is 6.55. The number of benzene rings is 2. The molecule has 0 aliphatic carbocycles. The lowest BCUT2D eigenvalue weighted by Gasteiger charge is -2.20. The molecule has 2 aromatic rings. The minimum atomic E-state index is 0.249. The van der Waals surface area contributed by atoms with E-state index in [0.717, 1.165) is 18.5 Å². The molecule has 0 saturated carbocycles. The van der Waals surface area contributed by atoms with Crippen LogP contribution in [0.15, 0.2) is 60.9 Å². The van der Waals surface area contributed by atoms with Gasteiger partial charge in [-0.3, -0.25) is 0 Å². The van der Waals surface area contributed by atoms with Gasteiger partial charge in [0.2, 0.25) is 0 Å². The third-order valence-corrected chi connectivity index (χ3v) is 3.78. The summed E-state index contributed by atoms with van der Waals surface area (Å²) < 4.78 is 0. The maximum absolute atomic E-state index is 9.29. The van der Waals surface area contributed by atoms with E-state index in [1.807, 2.05) is 18.2 Å². The largest absolute Gasteiger partial charge is 0.513 e. The van der Waals surface area contributed by atoms with Crippen molar-refractivity contribution >= 4 is 11.4 Å². The molecule has 1 unspecified atom stereocenters. The fourth-order valence-electron chi connectivity index (χ4n) is 2.69. The molecule has 0 heterocycles. The zero-order valence-corrected chi connectivity index (χ0v) is 15.5. The molecule has 0 fully saturated rings. The predicted molar refractivity (Wildman–Crippen MR) is 109 cm³/mol. The topological polar surface area (TPSA) is 70.1 Å². The fraction of sp³-hybridized carbons (Fsp3) is 0.318. The molecule has 2 aromatic carbocycles. The maximum Gasteiger partial charge on any atom is 0.0851 e. The van der Waals surface area contributed by atoms with Gasteiger partial charge in [0, 0.05) is 23.7 Å². The minimum absolute atomic E-state index is 0.249. The molecule has 0 aliphatic rings. The zero-order valence-electron chi connectivity index (χ0n) is 15.5. The van der Waals surface area contributed by atoms with Crippen LogP contribution in [0.2, 0.25) is 0 Å². The number of hydrogen-bond acceptors (Lipinski definition) is 3. The summed E-state index contributed by atoms with van der Waals surface area (Å²) in [6.45, 7) is 9.14. The van der Waals surface area contributed by atoms with E-state index in [4.69, 9.17) is 11.1 Å². The molecule has 3 heteroatoms. The highest BCUT2D eigenvalue weighted by molar-refractivity contribution is 5.75. The summed E-state index contributed by atoms with van der Waals surface area (Å²) in [5.41, 5.74) is 11.3. The Bertz CT molecular complexity index is 688. The fourth-order valence-corrected chi connectivity index (χ4v) is 2.69. The molecule has 4 N–H and O–H groups in total. The summed E-state index contributed by atoms with van der Waals surface area (Å²) in [4.78, 5) is 0. The Hall–Kier alpha value is -2.55. The van der Waals surface area contributed by atoms with Crippen molar-refractivity contribution in [3.05, 3.63) is 77.6 Å². The maximum atomic E-state index is 9.29. The number of nitrogens with one attached hydrogen (secondary N) is 1. The molecular weight excluding hydrogens is 308 g/mol. The highest BCUT2D eigenvalue weighted by Gasteiger charge is 2.16. The lowest BCUT2D eigenvalue weighted by Crippen LogP contribution is -2.05. The summed E-state index contributed by atoms with van der Waals surface area (Å²) in [5.74, 6) is 0.504. The van der Waals surface area contributed by atoms with Crippen LogP contribution in [0.4, 0.5) is 5.69 Å². The van der Waals surface area contributed by atoms with Crippen molar-refractivity contribution in [2.45, 2.75) is 46.0 Å². The van der Waals surface area contributed by atoms with E-state index in [1.165, 1.54) is 16.7 Å². The Kier molecular flexibility index (Phi) is 8.48. The van der Waals surface area contributed by atoms with Crippen LogP contribution < -0.4 is 5.73 Å². The Morgan fingerprint density at radius 1 is 1.16 bits per heavy atom. The minimum Gasteiger partial charge on any atom is -0.513 e. The van der Waals surface area contributed by atoms with Crippen LogP contribution in [0.1, 0.15) is 55.7 Å². The molecule has 2 rings (SSSR count). The molecule has 0 aromatic heterocycles. The van der Waals surface area contributed by atoms with E-state index in [9.17, 15) is 5.11 Å². The van der Waals surface area contributed by atoms with Gasteiger partial charge in [0.1, 0.15) is 0 Å². The summed E-state index contributed by atoms with van der Waals surface area (Å²) in [6, 6.07) is 16.6. The lowest BCUT2D eigenvalue weighted by atomic mass is 9.85. The van der Waals surface area contributed by atoms with Crippen LogP contribution >= 0.6 is 0 Å². The van der Waals surface area contributed by atoms with Gasteiger partial charge in [-0.05, 0) is 50.8 Å². The van der Waals surface area contributed by atoms with Crippen molar-refractivity contribution in [1.29, 1.82) is 5.41 Å². The number of rotatable bonds is 6. The van der Waals surface area contributed by atoms with Crippen LogP contribution in [-0.4, -0.2) is 10.8 Å². The van der Waals surface area contributed by atoms with E-state index in [2.05, 4.69) is 43.8 Å². The second kappa shape index (κ2) is 10.3. The highest BCUT2D eigenvalue weighted by Crippen LogP contribution is 2.34. The third-order valence-electron chi connectivity index (χ3n) is 3.78. The Morgan fingerprint density at radius 2 is 1.76 bits per heavy atom. The summed E-state index contributed by atoms with van der Waals surface area (Å²) in [6.07, 6.45) is 2.47. The number of aliphatic hydroxyl groups is 1. The Morgan fingerprint density at radius 3 is 2.32 bits per heavy atom. The van der Waals surface area contributed by atoms with Crippen molar-refractivity contribution in [1.82, 2.24) is 0 Å². The monoisotopic (exact) mass is 338 g/mol. The zero-order chi connectivity index (χ0) is 18.8. The standard InChI is InChI=1S/C19H23NO.C3H7N/c1-14-11-12-19(20)18(13-14)17(10-6-7-15(2)21)16-8-4-3-5-9-16;1-3(2)4/h3-5,8-9,11-13,17,21H,2,6-7,10,20H2,1H3;4H,1-2H3. The number of aryl methyl sites for hydroxylation is 1. The SMILES string of the molecule is C=C(O)CCCC(c1ccccc1)c1cc(C)ccc1N.CC(C)=N. The first kappa shape index (κ1) is 20.5. The Labute approximate surface area is 151 Å². The molecule has 25 heavy (non-hydrogen) atoms. The first-order chi connectivity index (χ1) is 11.8. The normalized spacial score (nSPS) is 11.2. The number of hydrogen-bond donors (Lipinski definition) is 3. The number of anilines is 1.